The van der Waals surface area contributed by atoms with Crippen LogP contribution in [0.3, 0.4) is 0 Å². The predicted octanol–water partition coefficient (Wildman–Crippen LogP) is 2.38. The van der Waals surface area contributed by atoms with E-state index in [0.29, 0.717) is 0 Å². The van der Waals surface area contributed by atoms with E-state index in [1.165, 1.54) is 5.69 Å². The van der Waals surface area contributed by atoms with Crippen molar-refractivity contribution in [1.82, 2.24) is 14.3 Å². The van der Waals surface area contributed by atoms with E-state index in [-0.39, 0.29) is 6.04 Å². The van der Waals surface area contributed by atoms with Crippen LogP contribution in [-0.4, -0.2) is 37.6 Å². The number of aryl methyl sites for hydroxylation is 1. The second-order valence-electron chi connectivity index (χ2n) is 6.35. The lowest BCUT2D eigenvalue weighted by molar-refractivity contribution is -0.00549. The van der Waals surface area contributed by atoms with E-state index >= 15 is 0 Å². The summed E-state index contributed by atoms with van der Waals surface area (Å²) in [6.07, 6.45) is 4.30. The molecule has 0 radical (unpaired) electrons. The molecule has 0 aliphatic carbocycles. The van der Waals surface area contributed by atoms with Crippen molar-refractivity contribution < 1.29 is 5.11 Å². The molecule has 0 amide bonds. The number of fused-ring (bicyclic) bond motifs is 1. The summed E-state index contributed by atoms with van der Waals surface area (Å²) in [4.78, 5) is 7.01. The average Bonchev–Trinajstić information content (AvgIpc) is 2.95. The Kier molecular flexibility index (Phi) is 3.30. The highest BCUT2D eigenvalue weighted by molar-refractivity contribution is 5.42. The van der Waals surface area contributed by atoms with Gasteiger partial charge in [-0.1, -0.05) is 6.07 Å². The molecule has 20 heavy (non-hydrogen) atoms. The van der Waals surface area contributed by atoms with Crippen molar-refractivity contribution in [3.05, 3.63) is 35.8 Å². The standard InChI is InChI=1S/C16H23N3O/c1-12-13(19-10-5-4-8-15(19)17-12)11-18-9-6-7-14(18)16(2,3)20/h4-5,8,10,14,20H,6-7,9,11H2,1-3H3. The molecule has 108 valence electrons. The van der Waals surface area contributed by atoms with Gasteiger partial charge in [-0.25, -0.2) is 4.98 Å². The van der Waals surface area contributed by atoms with E-state index < -0.39 is 5.60 Å². The van der Waals surface area contributed by atoms with E-state index in [9.17, 15) is 5.11 Å². The fraction of sp³-hybridized carbons (Fsp3) is 0.562. The normalized spacial score (nSPS) is 20.9. The fourth-order valence-electron chi connectivity index (χ4n) is 3.36. The van der Waals surface area contributed by atoms with Gasteiger partial charge in [0.2, 0.25) is 0 Å². The van der Waals surface area contributed by atoms with Crippen LogP contribution in [0, 0.1) is 6.92 Å². The molecule has 4 heteroatoms. The maximum Gasteiger partial charge on any atom is 0.137 e. The van der Waals surface area contributed by atoms with E-state index in [2.05, 4.69) is 27.4 Å². The van der Waals surface area contributed by atoms with E-state index in [1.54, 1.807) is 0 Å². The third-order valence-electron chi connectivity index (χ3n) is 4.36. The Morgan fingerprint density at radius 3 is 2.95 bits per heavy atom. The minimum Gasteiger partial charge on any atom is -0.389 e. The van der Waals surface area contributed by atoms with Crippen LogP contribution in [0.5, 0.6) is 0 Å². The Bertz CT molecular complexity index is 612. The van der Waals surface area contributed by atoms with E-state index in [4.69, 9.17) is 0 Å². The number of likely N-dealkylation sites (tertiary alicyclic amines) is 1. The molecule has 1 saturated heterocycles. The molecule has 1 aliphatic heterocycles. The maximum absolute atomic E-state index is 10.3. The number of rotatable bonds is 3. The minimum absolute atomic E-state index is 0.233. The third kappa shape index (κ3) is 2.34. The fourth-order valence-corrected chi connectivity index (χ4v) is 3.36. The minimum atomic E-state index is -0.648. The quantitative estimate of drug-likeness (QED) is 0.933. The third-order valence-corrected chi connectivity index (χ3v) is 4.36. The van der Waals surface area contributed by atoms with Gasteiger partial charge in [-0.15, -0.1) is 0 Å². The summed E-state index contributed by atoms with van der Waals surface area (Å²) < 4.78 is 2.16. The topological polar surface area (TPSA) is 40.8 Å². The summed E-state index contributed by atoms with van der Waals surface area (Å²) in [7, 11) is 0. The zero-order valence-electron chi connectivity index (χ0n) is 12.5. The van der Waals surface area contributed by atoms with Crippen LogP contribution >= 0.6 is 0 Å². The number of pyridine rings is 1. The van der Waals surface area contributed by atoms with Gasteiger partial charge < -0.3 is 9.51 Å². The lowest BCUT2D eigenvalue weighted by Crippen LogP contribution is -2.45. The molecule has 1 fully saturated rings. The van der Waals surface area contributed by atoms with Crippen molar-refractivity contribution in [2.75, 3.05) is 6.54 Å². The first-order chi connectivity index (χ1) is 9.47. The Balaban J connectivity index is 1.91. The second kappa shape index (κ2) is 4.86. The molecule has 3 heterocycles. The van der Waals surface area contributed by atoms with Crippen molar-refractivity contribution >= 4 is 5.65 Å². The van der Waals surface area contributed by atoms with Crippen molar-refractivity contribution in [3.8, 4) is 0 Å². The van der Waals surface area contributed by atoms with Gasteiger partial charge in [0.05, 0.1) is 17.0 Å². The molecule has 1 atom stereocenters. The van der Waals surface area contributed by atoms with Crippen LogP contribution in [0.1, 0.15) is 38.1 Å². The van der Waals surface area contributed by atoms with Crippen molar-refractivity contribution in [2.45, 2.75) is 51.8 Å². The van der Waals surface area contributed by atoms with Gasteiger partial charge in [-0.05, 0) is 52.3 Å². The first-order valence-electron chi connectivity index (χ1n) is 7.36. The zero-order chi connectivity index (χ0) is 14.3. The van der Waals surface area contributed by atoms with Gasteiger partial charge in [0.15, 0.2) is 0 Å². The van der Waals surface area contributed by atoms with E-state index in [1.807, 2.05) is 32.0 Å². The molecular formula is C16H23N3O. The van der Waals surface area contributed by atoms with Gasteiger partial charge >= 0.3 is 0 Å². The maximum atomic E-state index is 10.3. The number of imidazole rings is 1. The molecule has 0 bridgehead atoms. The molecule has 0 spiro atoms. The number of hydrogen-bond acceptors (Lipinski definition) is 3. The van der Waals surface area contributed by atoms with Gasteiger partial charge in [0, 0.05) is 18.8 Å². The summed E-state index contributed by atoms with van der Waals surface area (Å²) in [5.41, 5.74) is 2.67. The highest BCUT2D eigenvalue weighted by Crippen LogP contribution is 2.28. The summed E-state index contributed by atoms with van der Waals surface area (Å²) in [5, 5.41) is 10.3. The van der Waals surface area contributed by atoms with E-state index in [0.717, 1.165) is 37.3 Å². The van der Waals surface area contributed by atoms with Crippen LogP contribution in [0.4, 0.5) is 0 Å². The second-order valence-corrected chi connectivity index (χ2v) is 6.35. The first-order valence-corrected chi connectivity index (χ1v) is 7.36. The van der Waals surface area contributed by atoms with Crippen LogP contribution in [0.25, 0.3) is 5.65 Å². The van der Waals surface area contributed by atoms with Gasteiger partial charge in [0.25, 0.3) is 0 Å². The monoisotopic (exact) mass is 273 g/mol. The predicted molar refractivity (Wildman–Crippen MR) is 79.7 cm³/mol. The number of hydrogen-bond donors (Lipinski definition) is 1. The summed E-state index contributed by atoms with van der Waals surface area (Å²) in [5.74, 6) is 0. The molecule has 4 nitrogen and oxygen atoms in total. The molecule has 1 aliphatic rings. The lowest BCUT2D eigenvalue weighted by atomic mass is 9.96. The van der Waals surface area contributed by atoms with Crippen LogP contribution in [0.15, 0.2) is 24.4 Å². The van der Waals surface area contributed by atoms with Crippen molar-refractivity contribution in [2.24, 2.45) is 0 Å². The summed E-state index contributed by atoms with van der Waals surface area (Å²) >= 11 is 0. The van der Waals surface area contributed by atoms with Crippen LogP contribution in [-0.2, 0) is 6.54 Å². The molecular weight excluding hydrogens is 250 g/mol. The Hall–Kier alpha value is -1.39. The molecule has 2 aromatic rings. The number of nitrogens with zero attached hydrogens (tertiary/aromatic N) is 3. The van der Waals surface area contributed by atoms with Gasteiger partial charge in [-0.2, -0.15) is 0 Å². The summed E-state index contributed by atoms with van der Waals surface area (Å²) in [6, 6.07) is 6.32. The highest BCUT2D eigenvalue weighted by atomic mass is 16.3. The molecule has 0 aromatic carbocycles. The number of aromatic nitrogens is 2. The van der Waals surface area contributed by atoms with Gasteiger partial charge in [-0.3, -0.25) is 4.90 Å². The molecule has 0 saturated carbocycles. The molecule has 2 aromatic heterocycles. The largest absolute Gasteiger partial charge is 0.389 e. The van der Waals surface area contributed by atoms with Crippen LogP contribution in [0.2, 0.25) is 0 Å². The van der Waals surface area contributed by atoms with Gasteiger partial charge in [0.1, 0.15) is 5.65 Å². The average molecular weight is 273 g/mol. The first kappa shape index (κ1) is 13.6. The molecule has 3 rings (SSSR count). The Labute approximate surface area is 120 Å². The Morgan fingerprint density at radius 1 is 1.40 bits per heavy atom. The smallest absolute Gasteiger partial charge is 0.137 e. The van der Waals surface area contributed by atoms with Crippen molar-refractivity contribution in [3.63, 3.8) is 0 Å². The lowest BCUT2D eigenvalue weighted by Gasteiger charge is -2.33. The van der Waals surface area contributed by atoms with Crippen LogP contribution < -0.4 is 0 Å². The SMILES string of the molecule is Cc1nc2ccccn2c1CN1CCCC1C(C)(C)O. The van der Waals surface area contributed by atoms with Crippen molar-refractivity contribution in [1.29, 1.82) is 0 Å². The zero-order valence-corrected chi connectivity index (χ0v) is 12.5. The highest BCUT2D eigenvalue weighted by Gasteiger charge is 2.36. The molecule has 1 N–H and O–H groups in total. The molecule has 1 unspecified atom stereocenters. The Morgan fingerprint density at radius 2 is 2.20 bits per heavy atom. The number of aliphatic hydroxyl groups is 1. The summed E-state index contributed by atoms with van der Waals surface area (Å²) in [6.45, 7) is 7.80.